The number of carbonyl (C=O) groups is 1. The van der Waals surface area contributed by atoms with Crippen LogP contribution in [0.5, 0.6) is 5.75 Å². The Bertz CT molecular complexity index is 442. The van der Waals surface area contributed by atoms with Crippen molar-refractivity contribution in [2.45, 2.75) is 25.0 Å². The quantitative estimate of drug-likeness (QED) is 0.633. The van der Waals surface area contributed by atoms with Crippen LogP contribution in [0.15, 0.2) is 24.3 Å². The van der Waals surface area contributed by atoms with Crippen molar-refractivity contribution in [1.29, 1.82) is 5.26 Å². The molecule has 1 aromatic rings. The Hall–Kier alpha value is -1.54. The Morgan fingerprint density at radius 2 is 2.12 bits per heavy atom. The van der Waals surface area contributed by atoms with Crippen LogP contribution in [0.3, 0.4) is 0 Å². The Morgan fingerprint density at radius 1 is 1.47 bits per heavy atom. The van der Waals surface area contributed by atoms with Crippen LogP contribution in [0, 0.1) is 11.3 Å². The summed E-state index contributed by atoms with van der Waals surface area (Å²) in [7, 11) is 0. The number of ether oxygens (including phenoxy) is 2. The highest BCUT2D eigenvalue weighted by Crippen LogP contribution is 2.22. The van der Waals surface area contributed by atoms with Crippen LogP contribution in [-0.2, 0) is 9.53 Å². The lowest BCUT2D eigenvalue weighted by atomic mass is 10.2. The van der Waals surface area contributed by atoms with Gasteiger partial charge in [0.2, 0.25) is 0 Å². The van der Waals surface area contributed by atoms with Gasteiger partial charge in [0, 0.05) is 6.92 Å². The van der Waals surface area contributed by atoms with E-state index in [1.165, 1.54) is 6.92 Å². The molecule has 17 heavy (non-hydrogen) atoms. The molecule has 5 heteroatoms. The van der Waals surface area contributed by atoms with Gasteiger partial charge in [0.25, 0.3) is 0 Å². The van der Waals surface area contributed by atoms with Crippen molar-refractivity contribution in [3.05, 3.63) is 29.8 Å². The van der Waals surface area contributed by atoms with Gasteiger partial charge in [-0.05, 0) is 35.0 Å². The summed E-state index contributed by atoms with van der Waals surface area (Å²) in [5.41, 5.74) is 0.437. The maximum Gasteiger partial charge on any atom is 0.303 e. The van der Waals surface area contributed by atoms with Crippen LogP contribution in [0.2, 0.25) is 0 Å². The van der Waals surface area contributed by atoms with E-state index in [1.807, 2.05) is 6.07 Å². The Balaban J connectivity index is 2.71. The molecule has 0 aliphatic carbocycles. The fraction of sp³-hybridized carbons (Fsp3) is 0.333. The van der Waals surface area contributed by atoms with Gasteiger partial charge >= 0.3 is 5.97 Å². The van der Waals surface area contributed by atoms with Crippen molar-refractivity contribution >= 4 is 21.9 Å². The highest BCUT2D eigenvalue weighted by molar-refractivity contribution is 9.09. The zero-order valence-electron chi connectivity index (χ0n) is 9.51. The van der Waals surface area contributed by atoms with E-state index in [0.717, 1.165) is 0 Å². The number of esters is 1. The normalized spacial score (nSPS) is 13.3. The summed E-state index contributed by atoms with van der Waals surface area (Å²) in [6, 6.07) is 8.90. The standard InChI is InChI=1S/C12H12BrNO3/c1-8(16-9(2)15)12(13)17-11-6-4-3-5-10(11)7-14/h3-6,8,12H,1-2H3/t8?,12-/m1/s1. The number of benzene rings is 1. The van der Waals surface area contributed by atoms with E-state index in [1.54, 1.807) is 31.2 Å². The lowest BCUT2D eigenvalue weighted by Crippen LogP contribution is -2.28. The molecule has 0 heterocycles. The van der Waals surface area contributed by atoms with Gasteiger partial charge in [-0.15, -0.1) is 0 Å². The van der Waals surface area contributed by atoms with E-state index in [2.05, 4.69) is 15.9 Å². The lowest BCUT2D eigenvalue weighted by Gasteiger charge is -2.20. The number of nitrogens with zero attached hydrogens (tertiary/aromatic N) is 1. The highest BCUT2D eigenvalue weighted by atomic mass is 79.9. The van der Waals surface area contributed by atoms with E-state index in [4.69, 9.17) is 14.7 Å². The number of alkyl halides is 1. The molecule has 90 valence electrons. The number of hydrogen-bond donors (Lipinski definition) is 0. The number of hydrogen-bond acceptors (Lipinski definition) is 4. The molecule has 0 saturated carbocycles. The molecule has 0 aliphatic heterocycles. The zero-order valence-corrected chi connectivity index (χ0v) is 11.1. The first-order chi connectivity index (χ1) is 8.04. The molecule has 1 unspecified atom stereocenters. The first-order valence-corrected chi connectivity index (χ1v) is 5.93. The maximum atomic E-state index is 10.8. The molecule has 0 aromatic heterocycles. The SMILES string of the molecule is CC(=O)OC(C)[C@H](Br)Oc1ccccc1C#N. The van der Waals surface area contributed by atoms with Crippen molar-refractivity contribution in [2.75, 3.05) is 0 Å². The topological polar surface area (TPSA) is 59.3 Å². The first-order valence-electron chi connectivity index (χ1n) is 5.01. The van der Waals surface area contributed by atoms with E-state index in [9.17, 15) is 4.79 Å². The van der Waals surface area contributed by atoms with Crippen LogP contribution in [0.1, 0.15) is 19.4 Å². The molecule has 0 N–H and O–H groups in total. The summed E-state index contributed by atoms with van der Waals surface area (Å²) in [5.74, 6) is 0.0787. The van der Waals surface area contributed by atoms with Gasteiger partial charge in [0.05, 0.1) is 5.56 Å². The van der Waals surface area contributed by atoms with Crippen molar-refractivity contribution in [2.24, 2.45) is 0 Å². The van der Waals surface area contributed by atoms with E-state index in [-0.39, 0.29) is 5.97 Å². The van der Waals surface area contributed by atoms with Crippen LogP contribution in [0.4, 0.5) is 0 Å². The molecule has 1 rings (SSSR count). The van der Waals surface area contributed by atoms with Crippen molar-refractivity contribution in [3.8, 4) is 11.8 Å². The summed E-state index contributed by atoms with van der Waals surface area (Å²) in [6.07, 6.45) is -0.445. The summed E-state index contributed by atoms with van der Waals surface area (Å²) >= 11 is 3.26. The fourth-order valence-electron chi connectivity index (χ4n) is 1.19. The molecule has 0 saturated heterocycles. The average Bonchev–Trinajstić information content (AvgIpc) is 2.28. The molecule has 4 nitrogen and oxygen atoms in total. The van der Waals surface area contributed by atoms with Crippen molar-refractivity contribution in [1.82, 2.24) is 0 Å². The predicted molar refractivity (Wildman–Crippen MR) is 65.7 cm³/mol. The third-order valence-electron chi connectivity index (χ3n) is 1.97. The van der Waals surface area contributed by atoms with E-state index >= 15 is 0 Å². The lowest BCUT2D eigenvalue weighted by molar-refractivity contribution is -0.147. The molecule has 0 bridgehead atoms. The van der Waals surface area contributed by atoms with Gasteiger partial charge in [0.1, 0.15) is 17.9 Å². The second-order valence-corrected chi connectivity index (χ2v) is 4.29. The monoisotopic (exact) mass is 297 g/mol. The second kappa shape index (κ2) is 6.26. The van der Waals surface area contributed by atoms with Gasteiger partial charge in [-0.3, -0.25) is 4.79 Å². The molecule has 0 aliphatic rings. The number of carbonyl (C=O) groups excluding carboxylic acids is 1. The van der Waals surface area contributed by atoms with Crippen molar-refractivity contribution in [3.63, 3.8) is 0 Å². The third kappa shape index (κ3) is 4.08. The predicted octanol–water partition coefficient (Wildman–Crippen LogP) is 2.61. The van der Waals surface area contributed by atoms with E-state index in [0.29, 0.717) is 11.3 Å². The number of nitriles is 1. The molecule has 0 fully saturated rings. The first kappa shape index (κ1) is 13.5. The van der Waals surface area contributed by atoms with E-state index < -0.39 is 11.1 Å². The molecule has 2 atom stereocenters. The fourth-order valence-corrected chi connectivity index (χ4v) is 1.50. The number of rotatable bonds is 4. The smallest absolute Gasteiger partial charge is 0.303 e. The minimum atomic E-state index is -0.499. The summed E-state index contributed by atoms with van der Waals surface area (Å²) in [6.45, 7) is 3.04. The number of halogens is 1. The Kier molecular flexibility index (Phi) is 4.98. The average molecular weight is 298 g/mol. The molecule has 1 aromatic carbocycles. The minimum absolute atomic E-state index is 0.376. The molecule has 0 amide bonds. The third-order valence-corrected chi connectivity index (χ3v) is 2.90. The molecule has 0 spiro atoms. The van der Waals surface area contributed by atoms with Crippen LogP contribution >= 0.6 is 15.9 Å². The summed E-state index contributed by atoms with van der Waals surface area (Å²) in [4.78, 5) is 10.8. The molecular weight excluding hydrogens is 286 g/mol. The zero-order chi connectivity index (χ0) is 12.8. The van der Waals surface area contributed by atoms with Gasteiger partial charge in [-0.2, -0.15) is 5.26 Å². The van der Waals surface area contributed by atoms with Crippen LogP contribution < -0.4 is 4.74 Å². The summed E-state index contributed by atoms with van der Waals surface area (Å²) in [5, 5.41) is 8.39. The van der Waals surface area contributed by atoms with Gasteiger partial charge in [0.15, 0.2) is 5.01 Å². The Labute approximate surface area is 108 Å². The molecular formula is C12H12BrNO3. The maximum absolute atomic E-state index is 10.8. The van der Waals surface area contributed by atoms with Gasteiger partial charge in [-0.25, -0.2) is 0 Å². The van der Waals surface area contributed by atoms with Gasteiger partial charge < -0.3 is 9.47 Å². The summed E-state index contributed by atoms with van der Waals surface area (Å²) < 4.78 is 10.5. The van der Waals surface area contributed by atoms with Gasteiger partial charge in [-0.1, -0.05) is 12.1 Å². The minimum Gasteiger partial charge on any atom is -0.474 e. The van der Waals surface area contributed by atoms with Crippen LogP contribution in [-0.4, -0.2) is 17.1 Å². The highest BCUT2D eigenvalue weighted by Gasteiger charge is 2.19. The van der Waals surface area contributed by atoms with Crippen LogP contribution in [0.25, 0.3) is 0 Å². The van der Waals surface area contributed by atoms with Crippen molar-refractivity contribution < 1.29 is 14.3 Å². The molecule has 0 radical (unpaired) electrons. The largest absolute Gasteiger partial charge is 0.474 e. The second-order valence-electron chi connectivity index (χ2n) is 3.39. The Morgan fingerprint density at radius 3 is 2.71 bits per heavy atom. The number of para-hydroxylation sites is 1.